The van der Waals surface area contributed by atoms with Crippen LogP contribution in [0.1, 0.15) is 18.9 Å². The topological polar surface area (TPSA) is 48.9 Å². The Bertz CT molecular complexity index is 766. The summed E-state index contributed by atoms with van der Waals surface area (Å²) < 4.78 is 19.2. The Morgan fingerprint density at radius 1 is 1.26 bits per heavy atom. The lowest BCUT2D eigenvalue weighted by atomic mass is 10.2. The second kappa shape index (κ2) is 9.26. The van der Waals surface area contributed by atoms with Gasteiger partial charge in [-0.2, -0.15) is 0 Å². The molecular weight excluding hydrogens is 343 g/mol. The molecule has 0 aliphatic carbocycles. The Labute approximate surface area is 160 Å². The first-order chi connectivity index (χ1) is 13.2. The molecular formula is C21H27FN4O. The second-order valence-corrected chi connectivity index (χ2v) is 6.54. The number of aliphatic imine (C=N–C) groups is 1. The van der Waals surface area contributed by atoms with E-state index in [1.165, 1.54) is 11.8 Å². The van der Waals surface area contributed by atoms with E-state index in [0.717, 1.165) is 31.0 Å². The van der Waals surface area contributed by atoms with Gasteiger partial charge in [-0.25, -0.2) is 4.39 Å². The molecule has 27 heavy (non-hydrogen) atoms. The Morgan fingerprint density at radius 3 is 2.78 bits per heavy atom. The van der Waals surface area contributed by atoms with Crippen molar-refractivity contribution in [1.29, 1.82) is 0 Å². The number of hydrogen-bond donors (Lipinski definition) is 2. The average Bonchev–Trinajstić information content (AvgIpc) is 3.16. The molecule has 2 aromatic carbocycles. The predicted octanol–water partition coefficient (Wildman–Crippen LogP) is 3.17. The van der Waals surface area contributed by atoms with Crippen molar-refractivity contribution in [1.82, 2.24) is 10.6 Å². The number of rotatable bonds is 6. The van der Waals surface area contributed by atoms with Gasteiger partial charge in [0.2, 0.25) is 0 Å². The Hall–Kier alpha value is -2.76. The molecule has 1 aliphatic heterocycles. The fourth-order valence-corrected chi connectivity index (χ4v) is 3.25. The zero-order valence-corrected chi connectivity index (χ0v) is 15.9. The van der Waals surface area contributed by atoms with Gasteiger partial charge in [0.05, 0.1) is 6.61 Å². The average molecular weight is 370 g/mol. The van der Waals surface area contributed by atoms with Gasteiger partial charge in [0.25, 0.3) is 0 Å². The molecule has 1 aliphatic rings. The van der Waals surface area contributed by atoms with Gasteiger partial charge >= 0.3 is 0 Å². The highest BCUT2D eigenvalue weighted by molar-refractivity contribution is 5.80. The highest BCUT2D eigenvalue weighted by atomic mass is 19.1. The summed E-state index contributed by atoms with van der Waals surface area (Å²) in [4.78, 5) is 6.66. The van der Waals surface area contributed by atoms with Gasteiger partial charge in [0.15, 0.2) is 17.5 Å². The number of hydrogen-bond acceptors (Lipinski definition) is 3. The molecule has 2 aromatic rings. The van der Waals surface area contributed by atoms with Crippen molar-refractivity contribution >= 4 is 11.6 Å². The summed E-state index contributed by atoms with van der Waals surface area (Å²) in [5.41, 5.74) is 2.09. The molecule has 1 heterocycles. The highest BCUT2D eigenvalue weighted by Gasteiger charge is 2.23. The summed E-state index contributed by atoms with van der Waals surface area (Å²) in [6.07, 6.45) is 1.05. The largest absolute Gasteiger partial charge is 0.491 e. The van der Waals surface area contributed by atoms with Crippen LogP contribution in [0.15, 0.2) is 53.5 Å². The zero-order chi connectivity index (χ0) is 19.1. The summed E-state index contributed by atoms with van der Waals surface area (Å²) in [5.74, 6) is 0.674. The first kappa shape index (κ1) is 19.0. The van der Waals surface area contributed by atoms with Crippen LogP contribution in [0.4, 0.5) is 10.1 Å². The SMILES string of the molecule is CCOc1ccc(CNC(=NC)NC2CCN(c3ccccc3)C2)cc1F. The number of para-hydroxylation sites is 1. The molecule has 1 fully saturated rings. The third-order valence-electron chi connectivity index (χ3n) is 4.63. The smallest absolute Gasteiger partial charge is 0.191 e. The maximum Gasteiger partial charge on any atom is 0.191 e. The maximum atomic E-state index is 14.0. The first-order valence-corrected chi connectivity index (χ1v) is 9.38. The predicted molar refractivity (Wildman–Crippen MR) is 108 cm³/mol. The van der Waals surface area contributed by atoms with Gasteiger partial charge in [-0.1, -0.05) is 24.3 Å². The lowest BCUT2D eigenvalue weighted by Gasteiger charge is -2.20. The minimum Gasteiger partial charge on any atom is -0.491 e. The number of nitrogens with one attached hydrogen (secondary N) is 2. The molecule has 2 N–H and O–H groups in total. The Morgan fingerprint density at radius 2 is 2.07 bits per heavy atom. The van der Waals surface area contributed by atoms with E-state index in [-0.39, 0.29) is 11.6 Å². The van der Waals surface area contributed by atoms with Crippen LogP contribution >= 0.6 is 0 Å². The van der Waals surface area contributed by atoms with Crippen molar-refractivity contribution in [3.63, 3.8) is 0 Å². The first-order valence-electron chi connectivity index (χ1n) is 9.38. The lowest BCUT2D eigenvalue weighted by Crippen LogP contribution is -2.44. The Kier molecular flexibility index (Phi) is 6.52. The van der Waals surface area contributed by atoms with E-state index in [4.69, 9.17) is 4.74 Å². The number of anilines is 1. The number of benzene rings is 2. The molecule has 0 saturated carbocycles. The summed E-state index contributed by atoms with van der Waals surface area (Å²) >= 11 is 0. The molecule has 0 spiro atoms. The van der Waals surface area contributed by atoms with Crippen LogP contribution in [0.25, 0.3) is 0 Å². The van der Waals surface area contributed by atoms with E-state index in [1.54, 1.807) is 13.1 Å². The minimum absolute atomic E-state index is 0.288. The quantitative estimate of drug-likeness (QED) is 0.606. The third kappa shape index (κ3) is 5.12. The van der Waals surface area contributed by atoms with E-state index in [0.29, 0.717) is 19.2 Å². The standard InChI is InChI=1S/C21H27FN4O/c1-3-27-20-10-9-16(13-19(20)22)14-24-21(23-2)25-17-11-12-26(15-17)18-7-5-4-6-8-18/h4-10,13,17H,3,11-12,14-15H2,1-2H3,(H2,23,24,25). The van der Waals surface area contributed by atoms with Gasteiger partial charge < -0.3 is 20.3 Å². The van der Waals surface area contributed by atoms with E-state index >= 15 is 0 Å². The summed E-state index contributed by atoms with van der Waals surface area (Å²) in [7, 11) is 1.75. The molecule has 0 aromatic heterocycles. The highest BCUT2D eigenvalue weighted by Crippen LogP contribution is 2.20. The van der Waals surface area contributed by atoms with E-state index in [1.807, 2.05) is 19.1 Å². The monoisotopic (exact) mass is 370 g/mol. The van der Waals surface area contributed by atoms with Crippen LogP contribution in [0.2, 0.25) is 0 Å². The van der Waals surface area contributed by atoms with Crippen molar-refractivity contribution in [2.45, 2.75) is 25.9 Å². The molecule has 0 radical (unpaired) electrons. The van der Waals surface area contributed by atoms with Gasteiger partial charge in [0.1, 0.15) is 0 Å². The number of guanidine groups is 1. The van der Waals surface area contributed by atoms with Crippen molar-refractivity contribution in [2.75, 3.05) is 31.6 Å². The van der Waals surface area contributed by atoms with Crippen LogP contribution in [0.3, 0.4) is 0 Å². The van der Waals surface area contributed by atoms with Crippen LogP contribution in [-0.4, -0.2) is 38.7 Å². The number of halogens is 1. The normalized spacial score (nSPS) is 17.1. The molecule has 1 atom stereocenters. The maximum absolute atomic E-state index is 14.0. The lowest BCUT2D eigenvalue weighted by molar-refractivity contribution is 0.321. The van der Waals surface area contributed by atoms with Gasteiger partial charge in [0, 0.05) is 38.4 Å². The minimum atomic E-state index is -0.339. The van der Waals surface area contributed by atoms with E-state index in [9.17, 15) is 4.39 Å². The molecule has 6 heteroatoms. The molecule has 1 saturated heterocycles. The molecule has 3 rings (SSSR count). The summed E-state index contributed by atoms with van der Waals surface area (Å²) in [5, 5.41) is 6.72. The van der Waals surface area contributed by atoms with E-state index < -0.39 is 0 Å². The van der Waals surface area contributed by atoms with Crippen molar-refractivity contribution < 1.29 is 9.13 Å². The van der Waals surface area contributed by atoms with E-state index in [2.05, 4.69) is 44.8 Å². The van der Waals surface area contributed by atoms with Crippen molar-refractivity contribution in [3.8, 4) is 5.75 Å². The van der Waals surface area contributed by atoms with Crippen molar-refractivity contribution in [3.05, 3.63) is 59.9 Å². The summed E-state index contributed by atoms with van der Waals surface area (Å²) in [6.45, 7) is 4.74. The molecule has 144 valence electrons. The van der Waals surface area contributed by atoms with Gasteiger partial charge in [-0.05, 0) is 43.2 Å². The number of ether oxygens (including phenoxy) is 1. The van der Waals surface area contributed by atoms with Crippen LogP contribution in [0, 0.1) is 5.82 Å². The fraction of sp³-hybridized carbons (Fsp3) is 0.381. The van der Waals surface area contributed by atoms with Gasteiger partial charge in [-0.3, -0.25) is 4.99 Å². The summed E-state index contributed by atoms with van der Waals surface area (Å²) in [6, 6.07) is 15.8. The van der Waals surface area contributed by atoms with Crippen LogP contribution < -0.4 is 20.3 Å². The molecule has 1 unspecified atom stereocenters. The zero-order valence-electron chi connectivity index (χ0n) is 15.9. The molecule has 5 nitrogen and oxygen atoms in total. The van der Waals surface area contributed by atoms with Crippen LogP contribution in [0.5, 0.6) is 5.75 Å². The van der Waals surface area contributed by atoms with Gasteiger partial charge in [-0.15, -0.1) is 0 Å². The third-order valence-corrected chi connectivity index (χ3v) is 4.63. The molecule has 0 bridgehead atoms. The van der Waals surface area contributed by atoms with Crippen molar-refractivity contribution in [2.24, 2.45) is 4.99 Å². The molecule has 0 amide bonds. The van der Waals surface area contributed by atoms with Crippen LogP contribution in [-0.2, 0) is 6.54 Å². The fourth-order valence-electron chi connectivity index (χ4n) is 3.25. The number of nitrogens with zero attached hydrogens (tertiary/aromatic N) is 2. The second-order valence-electron chi connectivity index (χ2n) is 6.54. The Balaban J connectivity index is 1.51.